The Balaban J connectivity index is 2.03. The van der Waals surface area contributed by atoms with Crippen molar-refractivity contribution in [2.45, 2.75) is 122 Å². The third-order valence-electron chi connectivity index (χ3n) is 8.51. The summed E-state index contributed by atoms with van der Waals surface area (Å²) in [7, 11) is -5.56. The molecule has 0 bridgehead atoms. The largest absolute Gasteiger partial charge is 0.474 e. The van der Waals surface area contributed by atoms with Crippen LogP contribution < -0.4 is 21.6 Å². The van der Waals surface area contributed by atoms with Gasteiger partial charge in [-0.3, -0.25) is 56.8 Å². The number of nitrogens with zero attached hydrogens (tertiary/aromatic N) is 2. The number of alkyl halides is 3. The Kier molecular flexibility index (Phi) is 19.2. The fraction of sp³-hybridized carbons (Fsp3) is 0.629. The van der Waals surface area contributed by atoms with Crippen molar-refractivity contribution in [1.82, 2.24) is 20.2 Å². The number of halogens is 3. The third kappa shape index (κ3) is 16.7. The van der Waals surface area contributed by atoms with E-state index in [0.717, 1.165) is 65.3 Å². The summed E-state index contributed by atoms with van der Waals surface area (Å²) in [6.07, 6.45) is -21.8. The molecule has 0 radical (unpaired) electrons. The number of ether oxygens (including phenoxy) is 8. The standard InChI is InChI=1S/C35H45F3N5O22P/c1-14(44)40-24-8-9-43(34(53)41-24)32-31(62-20(7)50)29(61-19(6)49)23(63-32)13-57-66(54,55)65-26-10-21(58-16(3)46)27(42-25(51)11-39-33(52)35(36,37)38)30(64-26)28(60-18(5)48)22(59-17(4)47)12-56-15(2)45/h8-9,21-23,26-32H,10-13H2,1-7H3,(H,39,52)(H,42,51)(H,54,55)(H,40,41,44,53)/t21-,22+,23+,26+,27+,28+,29?,30?,31-,32+/m0/s1. The minimum atomic E-state index is -5.56. The molecule has 0 aliphatic carbocycles. The predicted octanol–water partition coefficient (Wildman–Crippen LogP) is -1.27. The van der Waals surface area contributed by atoms with Gasteiger partial charge in [-0.25, -0.2) is 9.36 Å². The minimum absolute atomic E-state index is 0.183. The molecule has 368 valence electrons. The van der Waals surface area contributed by atoms with Gasteiger partial charge in [0, 0.05) is 61.1 Å². The molecule has 0 aromatic carbocycles. The normalized spacial score (nSPS) is 24.5. The number of hydrogen-bond donors (Lipinski definition) is 4. The number of carbonyl (C=O) groups excluding carboxylic acids is 9. The van der Waals surface area contributed by atoms with Crippen LogP contribution in [0.15, 0.2) is 17.1 Å². The van der Waals surface area contributed by atoms with Crippen LogP contribution in [0, 0.1) is 0 Å². The fourth-order valence-electron chi connectivity index (χ4n) is 6.30. The first-order valence-electron chi connectivity index (χ1n) is 19.0. The highest BCUT2D eigenvalue weighted by atomic mass is 31.2. The molecule has 3 unspecified atom stereocenters. The molecule has 3 heterocycles. The van der Waals surface area contributed by atoms with Gasteiger partial charge in [0.2, 0.25) is 11.8 Å². The zero-order valence-electron chi connectivity index (χ0n) is 35.8. The molecule has 2 saturated heterocycles. The predicted molar refractivity (Wildman–Crippen MR) is 202 cm³/mol. The quantitative estimate of drug-likeness (QED) is 0.0713. The molecule has 0 saturated carbocycles. The van der Waals surface area contributed by atoms with E-state index in [2.05, 4.69) is 15.6 Å². The number of amides is 3. The molecule has 31 heteroatoms. The molecular weight excluding hydrogens is 930 g/mol. The minimum Gasteiger partial charge on any atom is -0.462 e. The van der Waals surface area contributed by atoms with Crippen molar-refractivity contribution in [3.63, 3.8) is 0 Å². The fourth-order valence-corrected chi connectivity index (χ4v) is 7.12. The number of aromatic nitrogens is 2. The summed E-state index contributed by atoms with van der Waals surface area (Å²) in [5.41, 5.74) is -1.08. The summed E-state index contributed by atoms with van der Waals surface area (Å²) in [5, 5.41) is 5.74. The summed E-state index contributed by atoms with van der Waals surface area (Å²) >= 11 is 0. The van der Waals surface area contributed by atoms with E-state index in [1.54, 1.807) is 0 Å². The highest BCUT2D eigenvalue weighted by Crippen LogP contribution is 2.48. The molecule has 1 aromatic heterocycles. The topological polar surface area (TPSA) is 354 Å². The Hall–Kier alpha value is -6.07. The first kappa shape index (κ1) is 54.3. The molecule has 11 atom stereocenters. The van der Waals surface area contributed by atoms with Crippen molar-refractivity contribution in [2.75, 3.05) is 25.1 Å². The SMILES string of the molecule is CC(=O)Nc1ccn([C@@H]2O[C@H](COP(=O)(O)O[C@@H]3C[C@H](OC(C)=O)[C@@H](NC(=O)CNC(=O)C(F)(F)F)C([C@H](OC(C)=O)[C@@H](COC(C)=O)OC(C)=O)O3)C(OC(C)=O)[C@@H]2OC(C)=O)c(=O)n1. The molecule has 2 aliphatic heterocycles. The van der Waals surface area contributed by atoms with E-state index in [0.29, 0.717) is 0 Å². The van der Waals surface area contributed by atoms with Crippen LogP contribution in [0.1, 0.15) is 61.1 Å². The number of anilines is 1. The summed E-state index contributed by atoms with van der Waals surface area (Å²) in [6, 6.07) is -0.712. The lowest BCUT2D eigenvalue weighted by atomic mass is 9.91. The van der Waals surface area contributed by atoms with Gasteiger partial charge in [0.05, 0.1) is 19.2 Å². The van der Waals surface area contributed by atoms with Gasteiger partial charge in [-0.1, -0.05) is 0 Å². The number of nitrogens with one attached hydrogen (secondary N) is 3. The van der Waals surface area contributed by atoms with E-state index in [-0.39, 0.29) is 5.82 Å². The molecule has 27 nitrogen and oxygen atoms in total. The number of phosphoric acid groups is 1. The molecule has 2 aliphatic rings. The highest BCUT2D eigenvalue weighted by Gasteiger charge is 2.54. The Labute approximate surface area is 370 Å². The van der Waals surface area contributed by atoms with E-state index < -0.39 is 161 Å². The maximum atomic E-state index is 13.6. The molecular formula is C35H45F3N5O22P. The molecule has 1 aromatic rings. The zero-order chi connectivity index (χ0) is 49.8. The molecule has 3 rings (SSSR count). The summed E-state index contributed by atoms with van der Waals surface area (Å²) in [4.78, 5) is 137. The van der Waals surface area contributed by atoms with E-state index in [9.17, 15) is 70.6 Å². The van der Waals surface area contributed by atoms with Gasteiger partial charge in [-0.2, -0.15) is 18.2 Å². The average Bonchev–Trinajstić information content (AvgIpc) is 3.48. The van der Waals surface area contributed by atoms with Crippen molar-refractivity contribution < 1.29 is 113 Å². The van der Waals surface area contributed by atoms with Gasteiger partial charge < -0.3 is 58.7 Å². The summed E-state index contributed by atoms with van der Waals surface area (Å²) < 4.78 is 107. The van der Waals surface area contributed by atoms with Crippen LogP contribution in [0.25, 0.3) is 0 Å². The Morgan fingerprint density at radius 1 is 0.879 bits per heavy atom. The van der Waals surface area contributed by atoms with Crippen LogP contribution in [-0.4, -0.2) is 149 Å². The summed E-state index contributed by atoms with van der Waals surface area (Å²) in [6.45, 7) is 3.20. The second-order valence-corrected chi connectivity index (χ2v) is 15.4. The van der Waals surface area contributed by atoms with Gasteiger partial charge in [-0.15, -0.1) is 0 Å². The van der Waals surface area contributed by atoms with Gasteiger partial charge >= 0.3 is 61.4 Å². The van der Waals surface area contributed by atoms with Crippen LogP contribution in [0.2, 0.25) is 0 Å². The number of esters is 6. The van der Waals surface area contributed by atoms with E-state index >= 15 is 0 Å². The van der Waals surface area contributed by atoms with Crippen LogP contribution >= 0.6 is 7.82 Å². The smallest absolute Gasteiger partial charge is 0.462 e. The van der Waals surface area contributed by atoms with Gasteiger partial charge in [-0.05, 0) is 6.07 Å². The van der Waals surface area contributed by atoms with Crippen molar-refractivity contribution in [3.05, 3.63) is 22.7 Å². The first-order valence-corrected chi connectivity index (χ1v) is 20.5. The lowest BCUT2D eigenvalue weighted by Crippen LogP contribution is -2.65. The second-order valence-electron chi connectivity index (χ2n) is 14.0. The highest BCUT2D eigenvalue weighted by molar-refractivity contribution is 7.47. The number of phosphoric ester groups is 1. The van der Waals surface area contributed by atoms with E-state index in [1.165, 1.54) is 5.32 Å². The Morgan fingerprint density at radius 2 is 1.48 bits per heavy atom. The maximum absolute atomic E-state index is 13.6. The average molecular weight is 976 g/mol. The van der Waals surface area contributed by atoms with Crippen LogP contribution in [0.4, 0.5) is 19.0 Å². The van der Waals surface area contributed by atoms with Crippen LogP contribution in [0.5, 0.6) is 0 Å². The lowest BCUT2D eigenvalue weighted by Gasteiger charge is -2.44. The monoisotopic (exact) mass is 975 g/mol. The zero-order valence-corrected chi connectivity index (χ0v) is 36.6. The molecule has 0 spiro atoms. The van der Waals surface area contributed by atoms with Crippen LogP contribution in [0.3, 0.4) is 0 Å². The number of carbonyl (C=O) groups is 9. The van der Waals surface area contributed by atoms with Gasteiger partial charge in [0.15, 0.2) is 36.9 Å². The van der Waals surface area contributed by atoms with E-state index in [1.807, 2.05) is 0 Å². The van der Waals surface area contributed by atoms with Crippen molar-refractivity contribution in [1.29, 1.82) is 0 Å². The summed E-state index contributed by atoms with van der Waals surface area (Å²) in [5.74, 6) is -11.0. The van der Waals surface area contributed by atoms with Gasteiger partial charge in [0.25, 0.3) is 0 Å². The molecule has 4 N–H and O–H groups in total. The van der Waals surface area contributed by atoms with Gasteiger partial charge in [0.1, 0.15) is 30.7 Å². The molecule has 2 fully saturated rings. The number of rotatable bonds is 19. The number of hydrogen-bond acceptors (Lipinski definition) is 22. The van der Waals surface area contributed by atoms with Crippen molar-refractivity contribution in [2.24, 2.45) is 0 Å². The molecule has 66 heavy (non-hydrogen) atoms. The van der Waals surface area contributed by atoms with Crippen molar-refractivity contribution >= 4 is 67.2 Å². The Bertz CT molecular complexity index is 2120. The third-order valence-corrected chi connectivity index (χ3v) is 9.49. The maximum Gasteiger partial charge on any atom is 0.474 e. The lowest BCUT2D eigenvalue weighted by molar-refractivity contribution is -0.244. The van der Waals surface area contributed by atoms with Crippen molar-refractivity contribution in [3.8, 4) is 0 Å². The Morgan fingerprint density at radius 3 is 2.02 bits per heavy atom. The first-order chi connectivity index (χ1) is 30.6. The van der Waals surface area contributed by atoms with Crippen LogP contribution in [-0.2, 0) is 94.7 Å². The molecule has 3 amide bonds. The second kappa shape index (κ2) is 23.4. The van der Waals surface area contributed by atoms with E-state index in [4.69, 9.17) is 46.9 Å².